The van der Waals surface area contributed by atoms with Crippen molar-refractivity contribution in [2.75, 3.05) is 6.54 Å². The second-order valence-electron chi connectivity index (χ2n) is 2.42. The molecular weight excluding hydrogens is 174 g/mol. The number of hydrogen-bond acceptors (Lipinski definition) is 2. The summed E-state index contributed by atoms with van der Waals surface area (Å²) >= 11 is 5.79. The lowest BCUT2D eigenvalue weighted by molar-refractivity contribution is 0.557. The summed E-state index contributed by atoms with van der Waals surface area (Å²) in [6.07, 6.45) is 3.38. The van der Waals surface area contributed by atoms with Gasteiger partial charge in [-0.2, -0.15) is 0 Å². The predicted molar refractivity (Wildman–Crippen MR) is 50.3 cm³/mol. The van der Waals surface area contributed by atoms with Crippen LogP contribution in [-0.4, -0.2) is 6.54 Å². The van der Waals surface area contributed by atoms with Gasteiger partial charge in [0.25, 0.3) is 0 Å². The first kappa shape index (κ1) is 9.36. The van der Waals surface area contributed by atoms with E-state index in [0.29, 0.717) is 5.22 Å². The average molecular weight is 186 g/mol. The molecule has 0 saturated carbocycles. The molecule has 1 heterocycles. The van der Waals surface area contributed by atoms with Crippen LogP contribution in [-0.2, 0) is 0 Å². The van der Waals surface area contributed by atoms with E-state index in [1.807, 2.05) is 13.0 Å². The van der Waals surface area contributed by atoms with E-state index in [2.05, 4.69) is 11.9 Å². The summed E-state index contributed by atoms with van der Waals surface area (Å²) in [4.78, 5) is 0. The maximum absolute atomic E-state index is 5.79. The van der Waals surface area contributed by atoms with Gasteiger partial charge in [-0.05, 0) is 24.2 Å². The molecule has 0 saturated heterocycles. The van der Waals surface area contributed by atoms with Crippen LogP contribution in [0.1, 0.15) is 18.5 Å². The molecule has 1 atom stereocenters. The first-order valence-electron chi connectivity index (χ1n) is 3.88. The van der Waals surface area contributed by atoms with Crippen molar-refractivity contribution in [2.45, 2.75) is 13.0 Å². The predicted octanol–water partition coefficient (Wildman–Crippen LogP) is 2.77. The van der Waals surface area contributed by atoms with Gasteiger partial charge in [0.2, 0.25) is 0 Å². The first-order valence-corrected chi connectivity index (χ1v) is 4.26. The molecule has 1 aromatic rings. The van der Waals surface area contributed by atoms with Crippen LogP contribution in [0.2, 0.25) is 5.22 Å². The number of furan rings is 1. The molecule has 0 aliphatic carbocycles. The highest BCUT2D eigenvalue weighted by Gasteiger charge is 2.11. The van der Waals surface area contributed by atoms with Crippen LogP contribution < -0.4 is 5.32 Å². The van der Waals surface area contributed by atoms with E-state index in [9.17, 15) is 0 Å². The Bertz CT molecular complexity index is 257. The largest absolute Gasteiger partial charge is 0.453 e. The molecule has 0 amide bonds. The van der Waals surface area contributed by atoms with E-state index >= 15 is 0 Å². The highest BCUT2D eigenvalue weighted by atomic mass is 35.5. The Labute approximate surface area is 77.2 Å². The average Bonchev–Trinajstić information content (AvgIpc) is 2.47. The standard InChI is InChI=1S/C9H12ClNO/c1-3-8(11-4-2)7-5-6-12-9(7)10/h3,5-6,8,11H,1,4H2,2H3. The Hall–Kier alpha value is -0.730. The molecule has 2 nitrogen and oxygen atoms in total. The van der Waals surface area contributed by atoms with E-state index in [1.165, 1.54) is 0 Å². The summed E-state index contributed by atoms with van der Waals surface area (Å²) in [7, 11) is 0. The maximum Gasteiger partial charge on any atom is 0.198 e. The number of hydrogen-bond donors (Lipinski definition) is 1. The van der Waals surface area contributed by atoms with Gasteiger partial charge in [0, 0.05) is 5.56 Å². The van der Waals surface area contributed by atoms with Crippen LogP contribution in [0.5, 0.6) is 0 Å². The van der Waals surface area contributed by atoms with E-state index in [1.54, 1.807) is 12.3 Å². The Morgan fingerprint density at radius 2 is 2.58 bits per heavy atom. The van der Waals surface area contributed by atoms with Gasteiger partial charge in [0.1, 0.15) is 0 Å². The minimum atomic E-state index is 0.0845. The Kier molecular flexibility index (Phi) is 3.38. The van der Waals surface area contributed by atoms with E-state index in [0.717, 1.165) is 12.1 Å². The smallest absolute Gasteiger partial charge is 0.198 e. The molecule has 12 heavy (non-hydrogen) atoms. The molecule has 0 fully saturated rings. The zero-order valence-electron chi connectivity index (χ0n) is 7.01. The van der Waals surface area contributed by atoms with Crippen molar-refractivity contribution in [1.29, 1.82) is 0 Å². The minimum Gasteiger partial charge on any atom is -0.453 e. The number of likely N-dealkylation sites (N-methyl/N-ethyl adjacent to an activating group) is 1. The molecule has 0 aliphatic rings. The summed E-state index contributed by atoms with van der Waals surface area (Å²) in [6, 6.07) is 1.93. The molecule has 3 heteroatoms. The molecule has 0 bridgehead atoms. The van der Waals surface area contributed by atoms with Crippen LogP contribution >= 0.6 is 11.6 Å². The third-order valence-electron chi connectivity index (χ3n) is 1.64. The van der Waals surface area contributed by atoms with Gasteiger partial charge in [0.15, 0.2) is 5.22 Å². The van der Waals surface area contributed by atoms with Crippen molar-refractivity contribution in [3.05, 3.63) is 35.8 Å². The van der Waals surface area contributed by atoms with Crippen molar-refractivity contribution in [1.82, 2.24) is 5.32 Å². The second kappa shape index (κ2) is 4.33. The maximum atomic E-state index is 5.79. The summed E-state index contributed by atoms with van der Waals surface area (Å²) in [5, 5.41) is 3.64. The summed E-state index contributed by atoms with van der Waals surface area (Å²) in [5.41, 5.74) is 0.938. The normalized spacial score (nSPS) is 12.8. The molecule has 1 N–H and O–H groups in total. The zero-order valence-corrected chi connectivity index (χ0v) is 7.77. The van der Waals surface area contributed by atoms with Crippen molar-refractivity contribution < 1.29 is 4.42 Å². The van der Waals surface area contributed by atoms with Crippen LogP contribution in [0.4, 0.5) is 0 Å². The third kappa shape index (κ3) is 1.90. The molecule has 0 aromatic carbocycles. The Balaban J connectivity index is 2.79. The third-order valence-corrected chi connectivity index (χ3v) is 1.95. The summed E-state index contributed by atoms with van der Waals surface area (Å²) in [6.45, 7) is 6.62. The van der Waals surface area contributed by atoms with Crippen LogP contribution in [0.15, 0.2) is 29.4 Å². The quantitative estimate of drug-likeness (QED) is 0.730. The van der Waals surface area contributed by atoms with Gasteiger partial charge in [-0.15, -0.1) is 6.58 Å². The number of nitrogens with one attached hydrogen (secondary N) is 1. The fraction of sp³-hybridized carbons (Fsp3) is 0.333. The lowest BCUT2D eigenvalue weighted by Gasteiger charge is -2.10. The van der Waals surface area contributed by atoms with Gasteiger partial charge in [-0.1, -0.05) is 13.0 Å². The van der Waals surface area contributed by atoms with Crippen LogP contribution in [0.3, 0.4) is 0 Å². The summed E-state index contributed by atoms with van der Waals surface area (Å²) < 4.78 is 4.97. The fourth-order valence-electron chi connectivity index (χ4n) is 1.07. The second-order valence-corrected chi connectivity index (χ2v) is 2.76. The molecule has 0 aliphatic heterocycles. The number of halogens is 1. The molecule has 66 valence electrons. The Morgan fingerprint density at radius 3 is 3.00 bits per heavy atom. The fourth-order valence-corrected chi connectivity index (χ4v) is 1.30. The lowest BCUT2D eigenvalue weighted by Crippen LogP contribution is -2.18. The summed E-state index contributed by atoms with van der Waals surface area (Å²) in [5.74, 6) is 0. The zero-order chi connectivity index (χ0) is 8.97. The van der Waals surface area contributed by atoms with Crippen molar-refractivity contribution in [3.63, 3.8) is 0 Å². The molecule has 1 unspecified atom stereocenters. The van der Waals surface area contributed by atoms with Crippen molar-refractivity contribution >= 4 is 11.6 Å². The van der Waals surface area contributed by atoms with Gasteiger partial charge < -0.3 is 9.73 Å². The molecule has 1 aromatic heterocycles. The molecule has 0 radical (unpaired) electrons. The first-order chi connectivity index (χ1) is 5.79. The van der Waals surface area contributed by atoms with Gasteiger partial charge >= 0.3 is 0 Å². The minimum absolute atomic E-state index is 0.0845. The van der Waals surface area contributed by atoms with Crippen LogP contribution in [0, 0.1) is 0 Å². The van der Waals surface area contributed by atoms with Crippen molar-refractivity contribution in [2.24, 2.45) is 0 Å². The number of rotatable bonds is 4. The van der Waals surface area contributed by atoms with E-state index in [4.69, 9.17) is 16.0 Å². The lowest BCUT2D eigenvalue weighted by atomic mass is 10.1. The van der Waals surface area contributed by atoms with Crippen LogP contribution in [0.25, 0.3) is 0 Å². The highest BCUT2D eigenvalue weighted by Crippen LogP contribution is 2.24. The van der Waals surface area contributed by atoms with E-state index < -0.39 is 0 Å². The van der Waals surface area contributed by atoms with E-state index in [-0.39, 0.29) is 6.04 Å². The van der Waals surface area contributed by atoms with Crippen molar-refractivity contribution in [3.8, 4) is 0 Å². The van der Waals surface area contributed by atoms with Gasteiger partial charge in [-0.3, -0.25) is 0 Å². The highest BCUT2D eigenvalue weighted by molar-refractivity contribution is 6.29. The SMILES string of the molecule is C=CC(NCC)c1ccoc1Cl. The monoisotopic (exact) mass is 185 g/mol. The Morgan fingerprint density at radius 1 is 1.83 bits per heavy atom. The van der Waals surface area contributed by atoms with Gasteiger partial charge in [-0.25, -0.2) is 0 Å². The van der Waals surface area contributed by atoms with Gasteiger partial charge in [0.05, 0.1) is 12.3 Å². The molecule has 1 rings (SSSR count). The molecule has 0 spiro atoms. The molecular formula is C9H12ClNO. The topological polar surface area (TPSA) is 25.2 Å².